The van der Waals surface area contributed by atoms with Crippen molar-refractivity contribution >= 4 is 38.8 Å². The van der Waals surface area contributed by atoms with Gasteiger partial charge in [-0.05, 0) is 6.07 Å². The van der Waals surface area contributed by atoms with Gasteiger partial charge in [-0.25, -0.2) is 8.42 Å². The van der Waals surface area contributed by atoms with E-state index in [2.05, 4.69) is 5.10 Å². The molecular formula is C11H3Cl2F3N2O4S. The van der Waals surface area contributed by atoms with Crippen LogP contribution in [0.1, 0.15) is 21.7 Å². The second kappa shape index (κ2) is 4.62. The molecule has 0 unspecified atom stereocenters. The Hall–Kier alpha value is -1.78. The van der Waals surface area contributed by atoms with Gasteiger partial charge >= 0.3 is 6.18 Å². The average Bonchev–Trinajstić information content (AvgIpc) is 2.86. The third-order valence-electron chi connectivity index (χ3n) is 3.15. The van der Waals surface area contributed by atoms with E-state index in [0.29, 0.717) is 0 Å². The largest absolute Gasteiger partial charge is 0.506 e. The van der Waals surface area contributed by atoms with E-state index in [-0.39, 0.29) is 0 Å². The number of fused-ring (bicyclic) bond motifs is 2. The Morgan fingerprint density at radius 2 is 1.78 bits per heavy atom. The molecule has 0 fully saturated rings. The van der Waals surface area contributed by atoms with Gasteiger partial charge in [-0.3, -0.25) is 9.89 Å². The average molecular weight is 387 g/mol. The lowest BCUT2D eigenvalue weighted by atomic mass is 10.1. The number of nitrogens with one attached hydrogen (secondary N) is 1. The van der Waals surface area contributed by atoms with Crippen LogP contribution in [0, 0.1) is 0 Å². The first-order valence-corrected chi connectivity index (χ1v) is 7.88. The summed E-state index contributed by atoms with van der Waals surface area (Å²) in [5.41, 5.74) is -3.49. The van der Waals surface area contributed by atoms with E-state index in [1.165, 1.54) is 5.10 Å². The number of ketones is 1. The molecule has 6 nitrogen and oxygen atoms in total. The topological polar surface area (TPSA) is 100 Å². The molecule has 0 bridgehead atoms. The summed E-state index contributed by atoms with van der Waals surface area (Å²) in [4.78, 5) is 10.0. The number of hydrogen-bond donors (Lipinski definition) is 2. The number of phenolic OH excluding ortho intramolecular Hbond substituents is 1. The maximum Gasteiger partial charge on any atom is 0.434 e. The quantitative estimate of drug-likeness (QED) is 0.618. The minimum Gasteiger partial charge on any atom is -0.506 e. The number of benzene rings is 1. The van der Waals surface area contributed by atoms with Crippen LogP contribution >= 0.6 is 23.2 Å². The number of nitrogens with zero attached hydrogens (tertiary/aromatic N) is 1. The molecule has 0 atom stereocenters. The zero-order valence-corrected chi connectivity index (χ0v) is 12.8. The lowest BCUT2D eigenvalue weighted by molar-refractivity contribution is -0.143. The van der Waals surface area contributed by atoms with Gasteiger partial charge in [-0.1, -0.05) is 23.2 Å². The zero-order chi connectivity index (χ0) is 17.3. The molecule has 1 aliphatic rings. The summed E-state index contributed by atoms with van der Waals surface area (Å²) >= 11 is 11.4. The smallest absolute Gasteiger partial charge is 0.434 e. The van der Waals surface area contributed by atoms with Gasteiger partial charge in [0, 0.05) is 0 Å². The molecule has 2 aromatic rings. The van der Waals surface area contributed by atoms with Crippen LogP contribution in [0.15, 0.2) is 15.9 Å². The molecule has 1 aromatic heterocycles. The molecule has 122 valence electrons. The van der Waals surface area contributed by atoms with Crippen LogP contribution in [0.5, 0.6) is 5.75 Å². The Kier molecular flexibility index (Phi) is 3.23. The second-order valence-electron chi connectivity index (χ2n) is 4.50. The standard InChI is InChI=1S/C11H3Cl2F3N2O4S/c12-2-1-3(13)8-4(6(2)19)7(20)5-9(23(8,21)22)10(18-17-5)11(14,15)16/h1,19H,(H,17,18). The van der Waals surface area contributed by atoms with E-state index in [1.54, 1.807) is 0 Å². The molecule has 1 aliphatic heterocycles. The number of alkyl halides is 3. The number of carbonyl (C=O) groups excluding carboxylic acids is 1. The third-order valence-corrected chi connectivity index (χ3v) is 5.74. The number of carbonyl (C=O) groups is 1. The molecule has 1 aromatic carbocycles. The van der Waals surface area contributed by atoms with Crippen LogP contribution in [-0.4, -0.2) is 29.5 Å². The van der Waals surface area contributed by atoms with Crippen LogP contribution in [0.2, 0.25) is 10.0 Å². The fourth-order valence-corrected chi connectivity index (χ4v) is 4.79. The first kappa shape index (κ1) is 16.1. The highest BCUT2D eigenvalue weighted by molar-refractivity contribution is 7.92. The highest BCUT2D eigenvalue weighted by Crippen LogP contribution is 2.47. The number of phenols is 1. The van der Waals surface area contributed by atoms with Gasteiger partial charge in [0.15, 0.2) is 11.4 Å². The Morgan fingerprint density at radius 3 is 2.35 bits per heavy atom. The van der Waals surface area contributed by atoms with Gasteiger partial charge in [0.05, 0.1) is 15.6 Å². The molecule has 0 radical (unpaired) electrons. The van der Waals surface area contributed by atoms with Crippen LogP contribution in [0.4, 0.5) is 13.2 Å². The van der Waals surface area contributed by atoms with E-state index in [0.717, 1.165) is 6.07 Å². The molecule has 2 N–H and O–H groups in total. The molecule has 0 saturated heterocycles. The molecule has 0 saturated carbocycles. The molecule has 0 spiro atoms. The van der Waals surface area contributed by atoms with Gasteiger partial charge in [-0.2, -0.15) is 18.3 Å². The van der Waals surface area contributed by atoms with Crippen molar-refractivity contribution in [2.45, 2.75) is 16.0 Å². The summed E-state index contributed by atoms with van der Waals surface area (Å²) in [5, 5.41) is 13.4. The van der Waals surface area contributed by atoms with E-state index in [9.17, 15) is 31.5 Å². The van der Waals surface area contributed by atoms with Crippen molar-refractivity contribution in [3.8, 4) is 5.75 Å². The number of sulfone groups is 1. The maximum atomic E-state index is 12.9. The van der Waals surface area contributed by atoms with E-state index in [1.807, 2.05) is 0 Å². The number of halogens is 5. The molecule has 2 heterocycles. The van der Waals surface area contributed by atoms with Crippen LogP contribution in [-0.2, 0) is 16.0 Å². The first-order chi connectivity index (χ1) is 10.5. The van der Waals surface area contributed by atoms with Crippen LogP contribution in [0.25, 0.3) is 0 Å². The molecule has 0 amide bonds. The molecule has 0 aliphatic carbocycles. The Labute approximate surface area is 135 Å². The van der Waals surface area contributed by atoms with Gasteiger partial charge in [-0.15, -0.1) is 0 Å². The second-order valence-corrected chi connectivity index (χ2v) is 7.14. The van der Waals surface area contributed by atoms with E-state index >= 15 is 0 Å². The van der Waals surface area contributed by atoms with Gasteiger partial charge in [0.2, 0.25) is 15.6 Å². The number of hydrogen-bond acceptors (Lipinski definition) is 5. The minimum absolute atomic E-state index is 0.424. The summed E-state index contributed by atoms with van der Waals surface area (Å²) < 4.78 is 63.9. The van der Waals surface area contributed by atoms with Crippen molar-refractivity contribution in [2.75, 3.05) is 0 Å². The molecule has 3 rings (SSSR count). The molecule has 12 heteroatoms. The van der Waals surface area contributed by atoms with E-state index < -0.39 is 64.3 Å². The number of rotatable bonds is 0. The lowest BCUT2D eigenvalue weighted by Crippen LogP contribution is -2.23. The Balaban J connectivity index is 2.49. The van der Waals surface area contributed by atoms with Crippen molar-refractivity contribution in [2.24, 2.45) is 0 Å². The van der Waals surface area contributed by atoms with Crippen molar-refractivity contribution in [1.82, 2.24) is 10.2 Å². The van der Waals surface area contributed by atoms with E-state index in [4.69, 9.17) is 23.2 Å². The summed E-state index contributed by atoms with van der Waals surface area (Å²) in [5.74, 6) is -2.14. The number of aromatic nitrogens is 2. The molecular weight excluding hydrogens is 384 g/mol. The SMILES string of the molecule is O=C1c2n[nH]c(C(F)(F)F)c2S(=O)(=O)c2c(Cl)cc(Cl)c(O)c21. The number of aromatic amines is 1. The monoisotopic (exact) mass is 386 g/mol. The van der Waals surface area contributed by atoms with Crippen LogP contribution < -0.4 is 0 Å². The van der Waals surface area contributed by atoms with Crippen molar-refractivity contribution in [3.63, 3.8) is 0 Å². The normalized spacial score (nSPS) is 16.1. The highest BCUT2D eigenvalue weighted by atomic mass is 35.5. The van der Waals surface area contributed by atoms with Crippen molar-refractivity contribution < 1.29 is 31.5 Å². The predicted molar refractivity (Wildman–Crippen MR) is 70.6 cm³/mol. The minimum atomic E-state index is -5.09. The highest BCUT2D eigenvalue weighted by Gasteiger charge is 2.49. The van der Waals surface area contributed by atoms with Crippen molar-refractivity contribution in [1.29, 1.82) is 0 Å². The Morgan fingerprint density at radius 1 is 1.17 bits per heavy atom. The third kappa shape index (κ3) is 2.05. The Bertz CT molecular complexity index is 982. The number of aromatic hydroxyl groups is 1. The fraction of sp³-hybridized carbons (Fsp3) is 0.0909. The lowest BCUT2D eigenvalue weighted by Gasteiger charge is -2.19. The fourth-order valence-electron chi connectivity index (χ4n) is 2.22. The van der Waals surface area contributed by atoms with Crippen molar-refractivity contribution in [3.05, 3.63) is 33.1 Å². The summed E-state index contributed by atoms with van der Waals surface area (Å²) in [6.45, 7) is 0. The van der Waals surface area contributed by atoms with Gasteiger partial charge < -0.3 is 5.11 Å². The predicted octanol–water partition coefficient (Wildman–Crippen LogP) is 2.82. The number of H-pyrrole nitrogens is 1. The van der Waals surface area contributed by atoms with Gasteiger partial charge in [0.25, 0.3) is 0 Å². The molecule has 23 heavy (non-hydrogen) atoms. The summed E-state index contributed by atoms with van der Waals surface area (Å²) in [7, 11) is -4.86. The van der Waals surface area contributed by atoms with Gasteiger partial charge in [0.1, 0.15) is 15.5 Å². The zero-order valence-electron chi connectivity index (χ0n) is 10.5. The first-order valence-electron chi connectivity index (χ1n) is 5.64. The summed E-state index contributed by atoms with van der Waals surface area (Å²) in [6.07, 6.45) is -5.09. The summed E-state index contributed by atoms with van der Waals surface area (Å²) in [6, 6.07) is 0.820. The maximum absolute atomic E-state index is 12.9. The van der Waals surface area contributed by atoms with Crippen LogP contribution in [0.3, 0.4) is 0 Å².